The molecule has 1 aromatic carbocycles. The van der Waals surface area contributed by atoms with Gasteiger partial charge in [0, 0.05) is 12.7 Å². The molecule has 0 fully saturated rings. The molecule has 1 heterocycles. The zero-order valence-corrected chi connectivity index (χ0v) is 13.9. The number of aromatic nitrogens is 1. The fourth-order valence-electron chi connectivity index (χ4n) is 3.33. The van der Waals surface area contributed by atoms with E-state index in [1.807, 2.05) is 31.2 Å². The van der Waals surface area contributed by atoms with E-state index in [4.69, 9.17) is 0 Å². The van der Waals surface area contributed by atoms with Crippen LogP contribution in [0.2, 0.25) is 0 Å². The average Bonchev–Trinajstić information content (AvgIpc) is 3.02. The number of aliphatic hydroxyl groups is 1. The van der Waals surface area contributed by atoms with Crippen LogP contribution in [-0.4, -0.2) is 34.2 Å². The van der Waals surface area contributed by atoms with Gasteiger partial charge in [-0.15, -0.1) is 0 Å². The Morgan fingerprint density at radius 1 is 1.33 bits per heavy atom. The molecule has 2 aromatic rings. The van der Waals surface area contributed by atoms with Crippen LogP contribution in [0.15, 0.2) is 42.6 Å². The van der Waals surface area contributed by atoms with Crippen LogP contribution >= 0.6 is 0 Å². The molecular weight excluding hydrogens is 302 g/mol. The fraction of sp³-hybridized carbons (Fsp3) is 0.368. The lowest BCUT2D eigenvalue weighted by Gasteiger charge is -2.29. The Bertz CT molecular complexity index is 717. The first-order valence-corrected chi connectivity index (χ1v) is 8.34. The number of pyridine rings is 1. The van der Waals surface area contributed by atoms with Gasteiger partial charge in [0.2, 0.25) is 0 Å². The normalized spacial score (nSPS) is 15.8. The zero-order valence-electron chi connectivity index (χ0n) is 13.9. The number of carbonyl (C=O) groups is 1. The van der Waals surface area contributed by atoms with Gasteiger partial charge in [0.1, 0.15) is 0 Å². The average molecular weight is 325 g/mol. The van der Waals surface area contributed by atoms with E-state index in [1.165, 1.54) is 11.1 Å². The molecule has 2 N–H and O–H groups in total. The summed E-state index contributed by atoms with van der Waals surface area (Å²) in [5.41, 5.74) is 4.40. The maximum atomic E-state index is 12.7. The molecule has 2 amide bonds. The van der Waals surface area contributed by atoms with Crippen molar-refractivity contribution in [1.82, 2.24) is 15.2 Å². The van der Waals surface area contributed by atoms with Gasteiger partial charge in [-0.05, 0) is 42.5 Å². The van der Waals surface area contributed by atoms with Gasteiger partial charge in [-0.3, -0.25) is 4.98 Å². The third-order valence-corrected chi connectivity index (χ3v) is 4.60. The Morgan fingerprint density at radius 2 is 2.17 bits per heavy atom. The number of benzene rings is 1. The van der Waals surface area contributed by atoms with Crippen LogP contribution in [0.25, 0.3) is 0 Å². The standard InChI is InChI=1S/C19H23N3O2/c1-14-5-4-10-20-17(14)13-21-19(24)22(11-12-23)18-9-8-15-6-2-3-7-16(15)18/h2-7,10,18,23H,8-9,11-13H2,1H3,(H,21,24). The topological polar surface area (TPSA) is 65.5 Å². The lowest BCUT2D eigenvalue weighted by Crippen LogP contribution is -2.43. The van der Waals surface area contributed by atoms with Crippen LogP contribution in [0, 0.1) is 6.92 Å². The van der Waals surface area contributed by atoms with Gasteiger partial charge in [-0.1, -0.05) is 30.3 Å². The van der Waals surface area contributed by atoms with E-state index in [9.17, 15) is 9.90 Å². The molecule has 1 unspecified atom stereocenters. The molecule has 1 aliphatic carbocycles. The van der Waals surface area contributed by atoms with Gasteiger partial charge in [0.15, 0.2) is 0 Å². The minimum absolute atomic E-state index is 0.0261. The molecule has 0 saturated carbocycles. The van der Waals surface area contributed by atoms with Crippen molar-refractivity contribution in [1.29, 1.82) is 0 Å². The summed E-state index contributed by atoms with van der Waals surface area (Å²) in [4.78, 5) is 18.7. The van der Waals surface area contributed by atoms with Crippen LogP contribution in [0.4, 0.5) is 4.79 Å². The van der Waals surface area contributed by atoms with Gasteiger partial charge in [0.25, 0.3) is 0 Å². The summed E-state index contributed by atoms with van der Waals surface area (Å²) >= 11 is 0. The largest absolute Gasteiger partial charge is 0.395 e. The number of amides is 2. The van der Waals surface area contributed by atoms with Crippen LogP contribution in [0.3, 0.4) is 0 Å². The van der Waals surface area contributed by atoms with Crippen molar-refractivity contribution >= 4 is 6.03 Å². The molecule has 0 radical (unpaired) electrons. The summed E-state index contributed by atoms with van der Waals surface area (Å²) < 4.78 is 0. The van der Waals surface area contributed by atoms with Gasteiger partial charge >= 0.3 is 6.03 Å². The highest BCUT2D eigenvalue weighted by atomic mass is 16.3. The van der Waals surface area contributed by atoms with E-state index in [1.54, 1.807) is 11.1 Å². The van der Waals surface area contributed by atoms with Gasteiger partial charge < -0.3 is 15.3 Å². The Balaban J connectivity index is 1.72. The number of aliphatic hydroxyl groups excluding tert-OH is 1. The molecule has 5 heteroatoms. The Morgan fingerprint density at radius 3 is 2.96 bits per heavy atom. The molecule has 126 valence electrons. The molecule has 3 rings (SSSR count). The molecule has 0 spiro atoms. The molecule has 1 aromatic heterocycles. The van der Waals surface area contributed by atoms with Crippen molar-refractivity contribution in [3.63, 3.8) is 0 Å². The summed E-state index contributed by atoms with van der Waals surface area (Å²) in [6, 6.07) is 12.0. The molecule has 5 nitrogen and oxygen atoms in total. The second-order valence-electron chi connectivity index (χ2n) is 6.10. The number of hydrogen-bond acceptors (Lipinski definition) is 3. The minimum atomic E-state index is -0.157. The third kappa shape index (κ3) is 3.41. The number of nitrogens with zero attached hydrogens (tertiary/aromatic N) is 2. The molecule has 0 aliphatic heterocycles. The van der Waals surface area contributed by atoms with Gasteiger partial charge in [-0.25, -0.2) is 4.79 Å². The number of fused-ring (bicyclic) bond motifs is 1. The van der Waals surface area contributed by atoms with Gasteiger partial charge in [-0.2, -0.15) is 0 Å². The first-order valence-electron chi connectivity index (χ1n) is 8.34. The summed E-state index contributed by atoms with van der Waals surface area (Å²) in [5, 5.41) is 12.3. The van der Waals surface area contributed by atoms with Crippen LogP contribution in [0.5, 0.6) is 0 Å². The maximum absolute atomic E-state index is 12.7. The van der Waals surface area contributed by atoms with Crippen LogP contribution in [0.1, 0.15) is 34.8 Å². The summed E-state index contributed by atoms with van der Waals surface area (Å²) in [6.45, 7) is 2.65. The van der Waals surface area contributed by atoms with Crippen LogP contribution in [-0.2, 0) is 13.0 Å². The maximum Gasteiger partial charge on any atom is 0.318 e. The molecule has 24 heavy (non-hydrogen) atoms. The Kier molecular flexibility index (Phi) is 5.11. The summed E-state index contributed by atoms with van der Waals surface area (Å²) in [7, 11) is 0. The Hall–Kier alpha value is -2.40. The second kappa shape index (κ2) is 7.45. The highest BCUT2D eigenvalue weighted by molar-refractivity contribution is 5.75. The predicted octanol–water partition coefficient (Wildman–Crippen LogP) is 2.58. The summed E-state index contributed by atoms with van der Waals surface area (Å²) in [6.07, 6.45) is 3.60. The molecule has 0 bridgehead atoms. The number of urea groups is 1. The van der Waals surface area contributed by atoms with Crippen molar-refractivity contribution in [2.24, 2.45) is 0 Å². The quantitative estimate of drug-likeness (QED) is 0.888. The van der Waals surface area contributed by atoms with Gasteiger partial charge in [0.05, 0.1) is 24.9 Å². The van der Waals surface area contributed by atoms with Crippen molar-refractivity contribution in [2.45, 2.75) is 32.4 Å². The number of carbonyl (C=O) groups excluding carboxylic acids is 1. The number of aryl methyl sites for hydroxylation is 2. The van der Waals surface area contributed by atoms with Crippen molar-refractivity contribution < 1.29 is 9.90 Å². The zero-order chi connectivity index (χ0) is 16.9. The highest BCUT2D eigenvalue weighted by Gasteiger charge is 2.30. The molecular formula is C19H23N3O2. The van der Waals surface area contributed by atoms with E-state index in [-0.39, 0.29) is 18.7 Å². The van der Waals surface area contributed by atoms with Crippen molar-refractivity contribution in [3.8, 4) is 0 Å². The minimum Gasteiger partial charge on any atom is -0.395 e. The number of nitrogens with one attached hydrogen (secondary N) is 1. The fourth-order valence-corrected chi connectivity index (χ4v) is 3.33. The Labute approximate surface area is 142 Å². The van der Waals surface area contributed by atoms with E-state index in [0.29, 0.717) is 13.1 Å². The predicted molar refractivity (Wildman–Crippen MR) is 92.5 cm³/mol. The number of hydrogen-bond donors (Lipinski definition) is 2. The third-order valence-electron chi connectivity index (χ3n) is 4.60. The lowest BCUT2D eigenvalue weighted by molar-refractivity contribution is 0.151. The first-order chi connectivity index (χ1) is 11.7. The SMILES string of the molecule is Cc1cccnc1CNC(=O)N(CCO)C1CCc2ccccc21. The van der Waals surface area contributed by atoms with E-state index in [2.05, 4.69) is 22.4 Å². The van der Waals surface area contributed by atoms with Crippen LogP contribution < -0.4 is 5.32 Å². The molecule has 0 saturated heterocycles. The lowest BCUT2D eigenvalue weighted by atomic mass is 10.1. The monoisotopic (exact) mass is 325 g/mol. The smallest absolute Gasteiger partial charge is 0.318 e. The second-order valence-corrected chi connectivity index (χ2v) is 6.10. The molecule has 1 aliphatic rings. The van der Waals surface area contributed by atoms with Crippen molar-refractivity contribution in [2.75, 3.05) is 13.2 Å². The summed E-state index contributed by atoms with van der Waals surface area (Å²) in [5.74, 6) is 0. The van der Waals surface area contributed by atoms with Crippen molar-refractivity contribution in [3.05, 3.63) is 65.0 Å². The van der Waals surface area contributed by atoms with E-state index >= 15 is 0 Å². The van der Waals surface area contributed by atoms with E-state index in [0.717, 1.165) is 24.1 Å². The first kappa shape index (κ1) is 16.5. The molecule has 1 atom stereocenters. The highest BCUT2D eigenvalue weighted by Crippen LogP contribution is 2.35. The number of rotatable bonds is 5. The van der Waals surface area contributed by atoms with E-state index < -0.39 is 0 Å².